The van der Waals surface area contributed by atoms with E-state index in [0.29, 0.717) is 12.1 Å². The number of rotatable bonds is 1. The van der Waals surface area contributed by atoms with Crippen molar-refractivity contribution in [1.82, 2.24) is 25.3 Å². The van der Waals surface area contributed by atoms with Gasteiger partial charge in [-0.3, -0.25) is 4.79 Å². The van der Waals surface area contributed by atoms with Gasteiger partial charge in [0.05, 0.1) is 5.69 Å². The SMILES string of the molecule is Nc1nonc1-n1nnc2c1CCCC2=O. The van der Waals surface area contributed by atoms with Crippen LogP contribution >= 0.6 is 0 Å². The van der Waals surface area contributed by atoms with Gasteiger partial charge in [0.15, 0.2) is 11.5 Å². The fourth-order valence-corrected chi connectivity index (χ4v) is 1.79. The van der Waals surface area contributed by atoms with E-state index in [2.05, 4.69) is 25.3 Å². The summed E-state index contributed by atoms with van der Waals surface area (Å²) in [5.41, 5.74) is 6.68. The van der Waals surface area contributed by atoms with Crippen molar-refractivity contribution < 1.29 is 9.42 Å². The standard InChI is InChI=1S/C8H8N6O2/c9-7-8(12-16-11-7)14-4-2-1-3-5(15)6(4)10-13-14/h1-3H2,(H2,9,11). The molecule has 8 nitrogen and oxygen atoms in total. The largest absolute Gasteiger partial charge is 0.378 e. The Morgan fingerprint density at radius 2 is 2.19 bits per heavy atom. The van der Waals surface area contributed by atoms with Crippen LogP contribution in [0.5, 0.6) is 0 Å². The molecule has 2 aromatic heterocycles. The third-order valence-corrected chi connectivity index (χ3v) is 2.54. The molecule has 0 fully saturated rings. The summed E-state index contributed by atoms with van der Waals surface area (Å²) < 4.78 is 5.90. The second-order valence-electron chi connectivity index (χ2n) is 3.55. The van der Waals surface area contributed by atoms with Crippen molar-refractivity contribution in [2.45, 2.75) is 19.3 Å². The van der Waals surface area contributed by atoms with Crippen LogP contribution in [-0.2, 0) is 6.42 Å². The zero-order valence-corrected chi connectivity index (χ0v) is 8.25. The second-order valence-corrected chi connectivity index (χ2v) is 3.55. The van der Waals surface area contributed by atoms with E-state index in [-0.39, 0.29) is 17.4 Å². The maximum atomic E-state index is 11.5. The molecule has 1 aliphatic carbocycles. The number of nitrogens with two attached hydrogens (primary N) is 1. The summed E-state index contributed by atoms with van der Waals surface area (Å²) in [6, 6.07) is 0. The minimum Gasteiger partial charge on any atom is -0.378 e. The van der Waals surface area contributed by atoms with E-state index in [1.54, 1.807) is 0 Å². The number of hydrogen-bond acceptors (Lipinski definition) is 7. The Morgan fingerprint density at radius 1 is 1.31 bits per heavy atom. The first-order chi connectivity index (χ1) is 7.77. The summed E-state index contributed by atoms with van der Waals surface area (Å²) in [5, 5.41) is 14.8. The van der Waals surface area contributed by atoms with Crippen molar-refractivity contribution in [2.75, 3.05) is 5.73 Å². The summed E-state index contributed by atoms with van der Waals surface area (Å²) in [6.45, 7) is 0. The number of hydrogen-bond donors (Lipinski definition) is 1. The van der Waals surface area contributed by atoms with Gasteiger partial charge in [-0.15, -0.1) is 5.10 Å². The molecular weight excluding hydrogens is 212 g/mol. The number of carbonyl (C=O) groups excluding carboxylic acids is 1. The Bertz CT molecular complexity index is 557. The predicted octanol–water partition coefficient (Wildman–Crippen LogP) is -0.249. The van der Waals surface area contributed by atoms with Crippen LogP contribution in [0.2, 0.25) is 0 Å². The third kappa shape index (κ3) is 1.12. The fourth-order valence-electron chi connectivity index (χ4n) is 1.79. The average Bonchev–Trinajstić information content (AvgIpc) is 2.84. The number of nitrogen functional groups attached to an aromatic ring is 1. The quantitative estimate of drug-likeness (QED) is 0.704. The zero-order valence-electron chi connectivity index (χ0n) is 8.25. The molecule has 2 N–H and O–H groups in total. The molecule has 8 heteroatoms. The molecule has 0 saturated heterocycles. The molecule has 0 aromatic carbocycles. The van der Waals surface area contributed by atoms with Crippen molar-refractivity contribution in [2.24, 2.45) is 0 Å². The number of carbonyl (C=O) groups is 1. The molecule has 0 unspecified atom stereocenters. The Balaban J connectivity index is 2.17. The number of ketones is 1. The van der Waals surface area contributed by atoms with Crippen LogP contribution in [0.15, 0.2) is 4.63 Å². The summed E-state index contributed by atoms with van der Waals surface area (Å²) in [6.07, 6.45) is 2.02. The van der Waals surface area contributed by atoms with Crippen molar-refractivity contribution in [3.8, 4) is 5.82 Å². The summed E-state index contributed by atoms with van der Waals surface area (Å²) in [7, 11) is 0. The van der Waals surface area contributed by atoms with Crippen LogP contribution in [0.4, 0.5) is 5.82 Å². The maximum absolute atomic E-state index is 11.5. The van der Waals surface area contributed by atoms with E-state index in [1.807, 2.05) is 0 Å². The molecule has 1 aliphatic rings. The molecule has 16 heavy (non-hydrogen) atoms. The smallest absolute Gasteiger partial charge is 0.243 e. The van der Waals surface area contributed by atoms with Crippen molar-refractivity contribution in [1.29, 1.82) is 0 Å². The number of fused-ring (bicyclic) bond motifs is 1. The van der Waals surface area contributed by atoms with Crippen LogP contribution in [0.3, 0.4) is 0 Å². The van der Waals surface area contributed by atoms with Gasteiger partial charge in [0.25, 0.3) is 0 Å². The summed E-state index contributed by atoms with van der Waals surface area (Å²) >= 11 is 0. The van der Waals surface area contributed by atoms with Gasteiger partial charge < -0.3 is 5.73 Å². The highest BCUT2D eigenvalue weighted by molar-refractivity contribution is 5.96. The van der Waals surface area contributed by atoms with Crippen LogP contribution < -0.4 is 5.73 Å². The highest BCUT2D eigenvalue weighted by atomic mass is 16.6. The first-order valence-corrected chi connectivity index (χ1v) is 4.83. The molecule has 2 aromatic rings. The van der Waals surface area contributed by atoms with Gasteiger partial charge in [0.1, 0.15) is 0 Å². The molecule has 82 valence electrons. The van der Waals surface area contributed by atoms with Gasteiger partial charge in [0, 0.05) is 6.42 Å². The molecule has 0 radical (unpaired) electrons. The highest BCUT2D eigenvalue weighted by Gasteiger charge is 2.26. The molecule has 0 bridgehead atoms. The van der Waals surface area contributed by atoms with Gasteiger partial charge in [-0.05, 0) is 23.2 Å². The van der Waals surface area contributed by atoms with Gasteiger partial charge in [-0.25, -0.2) is 4.63 Å². The van der Waals surface area contributed by atoms with Crippen LogP contribution in [0.1, 0.15) is 29.0 Å². The summed E-state index contributed by atoms with van der Waals surface area (Å²) in [4.78, 5) is 11.5. The fraction of sp³-hybridized carbons (Fsp3) is 0.375. The second kappa shape index (κ2) is 3.12. The van der Waals surface area contributed by atoms with Gasteiger partial charge >= 0.3 is 0 Å². The Labute approximate surface area is 89.4 Å². The summed E-state index contributed by atoms with van der Waals surface area (Å²) in [5.74, 6) is 0.414. The van der Waals surface area contributed by atoms with E-state index in [9.17, 15) is 4.79 Å². The van der Waals surface area contributed by atoms with Crippen molar-refractivity contribution in [3.05, 3.63) is 11.4 Å². The molecule has 3 rings (SSSR count). The lowest BCUT2D eigenvalue weighted by Gasteiger charge is -2.09. The minimum absolute atomic E-state index is 0.00234. The predicted molar refractivity (Wildman–Crippen MR) is 50.9 cm³/mol. The first kappa shape index (κ1) is 9.01. The molecule has 0 amide bonds. The monoisotopic (exact) mass is 220 g/mol. The van der Waals surface area contributed by atoms with Crippen LogP contribution in [0, 0.1) is 0 Å². The topological polar surface area (TPSA) is 113 Å². The first-order valence-electron chi connectivity index (χ1n) is 4.83. The molecule has 0 spiro atoms. The van der Waals surface area contributed by atoms with Crippen LogP contribution in [0.25, 0.3) is 5.82 Å². The van der Waals surface area contributed by atoms with E-state index in [1.165, 1.54) is 4.68 Å². The van der Waals surface area contributed by atoms with E-state index < -0.39 is 0 Å². The Hall–Kier alpha value is -2.25. The van der Waals surface area contributed by atoms with Crippen LogP contribution in [-0.4, -0.2) is 31.1 Å². The molecular formula is C8H8N6O2. The number of Topliss-reactive ketones (excluding diaryl/α,β-unsaturated/α-hetero) is 1. The van der Waals surface area contributed by atoms with Gasteiger partial charge in [-0.1, -0.05) is 5.21 Å². The van der Waals surface area contributed by atoms with Crippen molar-refractivity contribution in [3.63, 3.8) is 0 Å². The molecule has 0 saturated carbocycles. The Kier molecular flexibility index (Phi) is 1.76. The highest BCUT2D eigenvalue weighted by Crippen LogP contribution is 2.22. The number of nitrogens with zero attached hydrogens (tertiary/aromatic N) is 5. The van der Waals surface area contributed by atoms with Gasteiger partial charge in [-0.2, -0.15) is 4.68 Å². The number of aromatic nitrogens is 5. The third-order valence-electron chi connectivity index (χ3n) is 2.54. The normalized spacial score (nSPS) is 15.1. The maximum Gasteiger partial charge on any atom is 0.243 e. The van der Waals surface area contributed by atoms with E-state index in [4.69, 9.17) is 5.73 Å². The van der Waals surface area contributed by atoms with E-state index >= 15 is 0 Å². The average molecular weight is 220 g/mol. The molecule has 0 atom stereocenters. The minimum atomic E-state index is 0.00234. The lowest BCUT2D eigenvalue weighted by molar-refractivity contribution is 0.0967. The van der Waals surface area contributed by atoms with Crippen molar-refractivity contribution >= 4 is 11.6 Å². The van der Waals surface area contributed by atoms with Gasteiger partial charge in [0.2, 0.25) is 11.6 Å². The molecule has 0 aliphatic heterocycles. The zero-order chi connectivity index (χ0) is 11.1. The number of anilines is 1. The van der Waals surface area contributed by atoms with E-state index in [0.717, 1.165) is 18.5 Å². The Morgan fingerprint density at radius 3 is 2.94 bits per heavy atom. The molecule has 2 heterocycles. The lowest BCUT2D eigenvalue weighted by Crippen LogP contribution is -2.14. The lowest BCUT2D eigenvalue weighted by atomic mass is 10.00.